The normalized spacial score (nSPS) is 10.6. The van der Waals surface area contributed by atoms with Crippen LogP contribution in [0.2, 0.25) is 0 Å². The van der Waals surface area contributed by atoms with E-state index >= 15 is 0 Å². The van der Waals surface area contributed by atoms with Crippen LogP contribution in [0.5, 0.6) is 0 Å². The quantitative estimate of drug-likeness (QED) is 0.809. The van der Waals surface area contributed by atoms with Crippen molar-refractivity contribution in [3.8, 4) is 0 Å². The lowest BCUT2D eigenvalue weighted by molar-refractivity contribution is 0.570. The number of tetrazole rings is 1. The molecule has 0 aliphatic carbocycles. The second kappa shape index (κ2) is 4.80. The van der Waals surface area contributed by atoms with Gasteiger partial charge in [0.05, 0.1) is 6.54 Å². The maximum Gasteiger partial charge on any atom is 0.155 e. The molecule has 0 aliphatic rings. The fourth-order valence-corrected chi connectivity index (χ4v) is 1.46. The van der Waals surface area contributed by atoms with Crippen LogP contribution in [0.4, 0.5) is 4.39 Å². The highest BCUT2D eigenvalue weighted by Gasteiger charge is 2.08. The monoisotopic (exact) mass is 221 g/mol. The zero-order valence-electron chi connectivity index (χ0n) is 8.67. The molecule has 0 saturated carbocycles. The van der Waals surface area contributed by atoms with Crippen molar-refractivity contribution in [1.82, 2.24) is 20.2 Å². The third kappa shape index (κ3) is 2.22. The molecular weight excluding hydrogens is 209 g/mol. The number of halogens is 1. The zero-order chi connectivity index (χ0) is 11.4. The Hall–Kier alpha value is -1.82. The van der Waals surface area contributed by atoms with Gasteiger partial charge in [-0.05, 0) is 22.1 Å². The number of aromatic nitrogens is 4. The molecule has 2 N–H and O–H groups in total. The Morgan fingerprint density at radius 2 is 2.12 bits per heavy atom. The molecule has 0 radical (unpaired) electrons. The summed E-state index contributed by atoms with van der Waals surface area (Å²) in [7, 11) is 0. The second-order valence-electron chi connectivity index (χ2n) is 3.38. The van der Waals surface area contributed by atoms with Crippen molar-refractivity contribution >= 4 is 0 Å². The Labute approximate surface area is 92.1 Å². The summed E-state index contributed by atoms with van der Waals surface area (Å²) in [6, 6.07) is 6.58. The minimum atomic E-state index is -0.246. The minimum Gasteiger partial charge on any atom is -0.329 e. The van der Waals surface area contributed by atoms with E-state index in [-0.39, 0.29) is 5.82 Å². The van der Waals surface area contributed by atoms with E-state index in [1.165, 1.54) is 6.07 Å². The number of hydrogen-bond acceptors (Lipinski definition) is 4. The van der Waals surface area contributed by atoms with Crippen molar-refractivity contribution in [1.29, 1.82) is 0 Å². The SMILES string of the molecule is NCCn1nnnc1Cc1ccccc1F. The number of benzene rings is 1. The highest BCUT2D eigenvalue weighted by Crippen LogP contribution is 2.10. The molecular formula is C10H12FN5. The van der Waals surface area contributed by atoms with E-state index in [4.69, 9.17) is 5.73 Å². The van der Waals surface area contributed by atoms with Crippen LogP contribution < -0.4 is 5.73 Å². The summed E-state index contributed by atoms with van der Waals surface area (Å²) in [6.07, 6.45) is 0.375. The van der Waals surface area contributed by atoms with Gasteiger partial charge in [0, 0.05) is 13.0 Å². The van der Waals surface area contributed by atoms with Crippen molar-refractivity contribution in [2.24, 2.45) is 5.73 Å². The van der Waals surface area contributed by atoms with Gasteiger partial charge >= 0.3 is 0 Å². The standard InChI is InChI=1S/C10H12FN5/c11-9-4-2-1-3-8(9)7-10-13-14-15-16(10)6-5-12/h1-4H,5-7,12H2. The predicted molar refractivity (Wildman–Crippen MR) is 56.1 cm³/mol. The average molecular weight is 221 g/mol. The van der Waals surface area contributed by atoms with Gasteiger partial charge < -0.3 is 5.73 Å². The summed E-state index contributed by atoms with van der Waals surface area (Å²) in [4.78, 5) is 0. The number of nitrogens with zero attached hydrogens (tertiary/aromatic N) is 4. The largest absolute Gasteiger partial charge is 0.329 e. The van der Waals surface area contributed by atoms with Crippen LogP contribution in [0.3, 0.4) is 0 Å². The van der Waals surface area contributed by atoms with Crippen LogP contribution >= 0.6 is 0 Å². The summed E-state index contributed by atoms with van der Waals surface area (Å²) in [5.74, 6) is 0.375. The van der Waals surface area contributed by atoms with E-state index in [9.17, 15) is 4.39 Å². The van der Waals surface area contributed by atoms with Crippen molar-refractivity contribution in [3.63, 3.8) is 0 Å². The first kappa shape index (κ1) is 10.7. The minimum absolute atomic E-state index is 0.246. The summed E-state index contributed by atoms with van der Waals surface area (Å²) < 4.78 is 15.0. The maximum atomic E-state index is 13.4. The van der Waals surface area contributed by atoms with Gasteiger partial charge in [0.15, 0.2) is 5.82 Å². The van der Waals surface area contributed by atoms with Gasteiger partial charge in [0.25, 0.3) is 0 Å². The third-order valence-corrected chi connectivity index (χ3v) is 2.25. The van der Waals surface area contributed by atoms with Gasteiger partial charge in [0.2, 0.25) is 0 Å². The highest BCUT2D eigenvalue weighted by atomic mass is 19.1. The Kier molecular flexibility index (Phi) is 3.21. The molecule has 0 bridgehead atoms. The van der Waals surface area contributed by atoms with E-state index in [0.717, 1.165) is 0 Å². The molecule has 0 unspecified atom stereocenters. The first-order chi connectivity index (χ1) is 7.81. The van der Waals surface area contributed by atoms with Gasteiger partial charge in [-0.15, -0.1) is 5.10 Å². The maximum absolute atomic E-state index is 13.4. The first-order valence-electron chi connectivity index (χ1n) is 5.00. The molecule has 0 saturated heterocycles. The zero-order valence-corrected chi connectivity index (χ0v) is 8.67. The molecule has 2 rings (SSSR count). The molecule has 1 heterocycles. The molecule has 1 aromatic heterocycles. The fourth-order valence-electron chi connectivity index (χ4n) is 1.46. The molecule has 6 heteroatoms. The van der Waals surface area contributed by atoms with Crippen LogP contribution in [0.1, 0.15) is 11.4 Å². The molecule has 0 atom stereocenters. The van der Waals surface area contributed by atoms with Gasteiger partial charge in [0.1, 0.15) is 5.82 Å². The Morgan fingerprint density at radius 1 is 1.31 bits per heavy atom. The lowest BCUT2D eigenvalue weighted by atomic mass is 10.1. The average Bonchev–Trinajstić information content (AvgIpc) is 2.70. The Balaban J connectivity index is 2.20. The first-order valence-corrected chi connectivity index (χ1v) is 5.00. The van der Waals surface area contributed by atoms with Crippen LogP contribution in [0.25, 0.3) is 0 Å². The summed E-state index contributed by atoms with van der Waals surface area (Å²) >= 11 is 0. The summed E-state index contributed by atoms with van der Waals surface area (Å²) in [5, 5.41) is 11.2. The summed E-state index contributed by atoms with van der Waals surface area (Å²) in [6.45, 7) is 0.992. The Morgan fingerprint density at radius 3 is 2.88 bits per heavy atom. The summed E-state index contributed by atoms with van der Waals surface area (Å²) in [5.41, 5.74) is 6.00. The molecule has 5 nitrogen and oxygen atoms in total. The molecule has 1 aromatic carbocycles. The van der Waals surface area contributed by atoms with Gasteiger partial charge in [-0.3, -0.25) is 0 Å². The molecule has 2 aromatic rings. The van der Waals surface area contributed by atoms with Crippen LogP contribution in [-0.4, -0.2) is 26.8 Å². The van der Waals surface area contributed by atoms with Gasteiger partial charge in [-0.1, -0.05) is 18.2 Å². The van der Waals surface area contributed by atoms with Crippen molar-refractivity contribution in [3.05, 3.63) is 41.5 Å². The predicted octanol–water partition coefficient (Wildman–Crippen LogP) is 0.362. The van der Waals surface area contributed by atoms with E-state index in [1.54, 1.807) is 22.9 Å². The topological polar surface area (TPSA) is 69.6 Å². The van der Waals surface area contributed by atoms with E-state index < -0.39 is 0 Å². The Bertz CT molecular complexity index is 468. The van der Waals surface area contributed by atoms with Gasteiger partial charge in [-0.25, -0.2) is 9.07 Å². The third-order valence-electron chi connectivity index (χ3n) is 2.25. The lowest BCUT2D eigenvalue weighted by Crippen LogP contribution is -2.14. The second-order valence-corrected chi connectivity index (χ2v) is 3.38. The van der Waals surface area contributed by atoms with Crippen LogP contribution in [0, 0.1) is 5.82 Å². The number of rotatable bonds is 4. The number of nitrogens with two attached hydrogens (primary N) is 1. The highest BCUT2D eigenvalue weighted by molar-refractivity contribution is 5.20. The molecule has 16 heavy (non-hydrogen) atoms. The van der Waals surface area contributed by atoms with Crippen LogP contribution in [0.15, 0.2) is 24.3 Å². The molecule has 0 fully saturated rings. The molecule has 0 aliphatic heterocycles. The van der Waals surface area contributed by atoms with E-state index in [0.29, 0.717) is 30.9 Å². The smallest absolute Gasteiger partial charge is 0.155 e. The fraction of sp³-hybridized carbons (Fsp3) is 0.300. The number of hydrogen-bond donors (Lipinski definition) is 1. The van der Waals surface area contributed by atoms with Gasteiger partial charge in [-0.2, -0.15) is 0 Å². The van der Waals surface area contributed by atoms with Crippen molar-refractivity contribution in [2.75, 3.05) is 6.54 Å². The molecule has 84 valence electrons. The van der Waals surface area contributed by atoms with Crippen LogP contribution in [-0.2, 0) is 13.0 Å². The molecule has 0 amide bonds. The lowest BCUT2D eigenvalue weighted by Gasteiger charge is -2.03. The van der Waals surface area contributed by atoms with E-state index in [1.807, 2.05) is 0 Å². The molecule has 0 spiro atoms. The van der Waals surface area contributed by atoms with Crippen molar-refractivity contribution in [2.45, 2.75) is 13.0 Å². The van der Waals surface area contributed by atoms with Crippen molar-refractivity contribution < 1.29 is 4.39 Å². The van der Waals surface area contributed by atoms with E-state index in [2.05, 4.69) is 15.5 Å².